The molecule has 2 amide bonds. The van der Waals surface area contributed by atoms with Crippen molar-refractivity contribution in [1.29, 1.82) is 0 Å². The topological polar surface area (TPSA) is 32.3 Å². The van der Waals surface area contributed by atoms with Crippen LogP contribution >= 0.6 is 0 Å². The van der Waals surface area contributed by atoms with Crippen LogP contribution in [0.2, 0.25) is 0 Å². The summed E-state index contributed by atoms with van der Waals surface area (Å²) in [5.74, 6) is 0. The molecule has 0 aromatic heterocycles. The Morgan fingerprint density at radius 2 is 2.62 bits per heavy atom. The number of nitrogens with zero attached hydrogens (tertiary/aromatic N) is 1. The van der Waals surface area contributed by atoms with E-state index in [1.165, 1.54) is 0 Å². The number of amides is 2. The summed E-state index contributed by atoms with van der Waals surface area (Å²) in [6.45, 7) is 4.48. The van der Waals surface area contributed by atoms with Crippen molar-refractivity contribution in [1.82, 2.24) is 10.2 Å². The zero-order valence-corrected chi connectivity index (χ0v) is 4.98. The highest BCUT2D eigenvalue weighted by molar-refractivity contribution is 5.75. The van der Waals surface area contributed by atoms with Crippen LogP contribution in [-0.2, 0) is 0 Å². The SMILES string of the molecule is CCN1CCNC1=O. The number of urea groups is 1. The lowest BCUT2D eigenvalue weighted by Crippen LogP contribution is -2.27. The number of carbonyl (C=O) groups is 1. The van der Waals surface area contributed by atoms with Crippen molar-refractivity contribution in [3.8, 4) is 0 Å². The molecule has 1 heterocycles. The van der Waals surface area contributed by atoms with Crippen LogP contribution < -0.4 is 5.32 Å². The van der Waals surface area contributed by atoms with E-state index in [4.69, 9.17) is 0 Å². The minimum atomic E-state index is 0.0764. The second-order valence-electron chi connectivity index (χ2n) is 1.81. The Kier molecular flexibility index (Phi) is 1.37. The third-order valence-corrected chi connectivity index (χ3v) is 1.33. The molecule has 46 valence electrons. The Bertz CT molecular complexity index is 103. The fourth-order valence-electron chi connectivity index (χ4n) is 0.813. The molecule has 1 N–H and O–H groups in total. The Morgan fingerprint density at radius 1 is 1.88 bits per heavy atom. The molecule has 1 fully saturated rings. The van der Waals surface area contributed by atoms with Crippen molar-refractivity contribution in [3.05, 3.63) is 0 Å². The summed E-state index contributed by atoms with van der Waals surface area (Å²) in [5.41, 5.74) is 0. The van der Waals surface area contributed by atoms with Gasteiger partial charge in [-0.05, 0) is 6.92 Å². The van der Waals surface area contributed by atoms with Crippen LogP contribution in [0, 0.1) is 0 Å². The predicted molar refractivity (Wildman–Crippen MR) is 30.6 cm³/mol. The summed E-state index contributed by atoms with van der Waals surface area (Å²) in [7, 11) is 0. The average Bonchev–Trinajstić information content (AvgIpc) is 2.14. The number of rotatable bonds is 1. The Morgan fingerprint density at radius 3 is 2.88 bits per heavy atom. The van der Waals surface area contributed by atoms with Crippen molar-refractivity contribution >= 4 is 6.03 Å². The maximum absolute atomic E-state index is 10.6. The molecular weight excluding hydrogens is 104 g/mol. The van der Waals surface area contributed by atoms with Gasteiger partial charge in [0.2, 0.25) is 0 Å². The lowest BCUT2D eigenvalue weighted by Gasteiger charge is -2.08. The normalized spacial score (nSPS) is 19.1. The van der Waals surface area contributed by atoms with E-state index < -0.39 is 0 Å². The van der Waals surface area contributed by atoms with Crippen LogP contribution in [0.3, 0.4) is 0 Å². The molecule has 1 aliphatic heterocycles. The maximum Gasteiger partial charge on any atom is 0.317 e. The highest BCUT2D eigenvalue weighted by atomic mass is 16.2. The van der Waals surface area contributed by atoms with E-state index in [0.29, 0.717) is 0 Å². The molecule has 3 nitrogen and oxygen atoms in total. The standard InChI is InChI=1S/C5H10N2O/c1-2-7-4-3-6-5(7)8/h2-4H2,1H3,(H,6,8). The Hall–Kier alpha value is -0.730. The third kappa shape index (κ3) is 0.757. The summed E-state index contributed by atoms with van der Waals surface area (Å²) in [6, 6.07) is 0.0764. The number of carbonyl (C=O) groups excluding carboxylic acids is 1. The molecule has 3 heteroatoms. The number of likely N-dealkylation sites (N-methyl/N-ethyl adjacent to an activating group) is 1. The van der Waals surface area contributed by atoms with E-state index in [1.54, 1.807) is 4.90 Å². The zero-order valence-electron chi connectivity index (χ0n) is 4.98. The molecule has 0 aromatic carbocycles. The smallest absolute Gasteiger partial charge is 0.317 e. The second kappa shape index (κ2) is 2.03. The van der Waals surface area contributed by atoms with Crippen LogP contribution in [0.4, 0.5) is 4.79 Å². The Labute approximate surface area is 48.7 Å². The van der Waals surface area contributed by atoms with Gasteiger partial charge < -0.3 is 10.2 Å². The first-order valence-corrected chi connectivity index (χ1v) is 2.87. The van der Waals surface area contributed by atoms with Gasteiger partial charge in [-0.15, -0.1) is 0 Å². The van der Waals surface area contributed by atoms with E-state index in [2.05, 4.69) is 5.32 Å². The zero-order chi connectivity index (χ0) is 5.98. The molecule has 1 saturated heterocycles. The Balaban J connectivity index is 2.42. The highest BCUT2D eigenvalue weighted by Crippen LogP contribution is 1.93. The van der Waals surface area contributed by atoms with Crippen molar-refractivity contribution in [3.63, 3.8) is 0 Å². The van der Waals surface area contributed by atoms with E-state index in [-0.39, 0.29) is 6.03 Å². The summed E-state index contributed by atoms with van der Waals surface area (Å²) < 4.78 is 0. The molecule has 0 saturated carbocycles. The van der Waals surface area contributed by atoms with Gasteiger partial charge in [-0.3, -0.25) is 0 Å². The first-order chi connectivity index (χ1) is 3.84. The molecular formula is C5H10N2O. The van der Waals surface area contributed by atoms with Crippen LogP contribution in [-0.4, -0.2) is 30.6 Å². The van der Waals surface area contributed by atoms with Gasteiger partial charge in [-0.1, -0.05) is 0 Å². The average molecular weight is 114 g/mol. The van der Waals surface area contributed by atoms with Crippen molar-refractivity contribution < 1.29 is 4.79 Å². The minimum absolute atomic E-state index is 0.0764. The maximum atomic E-state index is 10.6. The van der Waals surface area contributed by atoms with Gasteiger partial charge in [-0.25, -0.2) is 4.79 Å². The van der Waals surface area contributed by atoms with Crippen molar-refractivity contribution in [2.45, 2.75) is 6.92 Å². The van der Waals surface area contributed by atoms with Gasteiger partial charge in [0.1, 0.15) is 0 Å². The van der Waals surface area contributed by atoms with Gasteiger partial charge in [0, 0.05) is 19.6 Å². The molecule has 1 rings (SSSR count). The van der Waals surface area contributed by atoms with Crippen LogP contribution in [0.25, 0.3) is 0 Å². The van der Waals surface area contributed by atoms with Crippen LogP contribution in [0.15, 0.2) is 0 Å². The fourth-order valence-corrected chi connectivity index (χ4v) is 0.813. The molecule has 0 aromatic rings. The monoisotopic (exact) mass is 114 g/mol. The molecule has 0 spiro atoms. The molecule has 0 radical (unpaired) electrons. The first-order valence-electron chi connectivity index (χ1n) is 2.87. The van der Waals surface area contributed by atoms with E-state index >= 15 is 0 Å². The van der Waals surface area contributed by atoms with Crippen molar-refractivity contribution in [2.75, 3.05) is 19.6 Å². The van der Waals surface area contributed by atoms with Crippen molar-refractivity contribution in [2.24, 2.45) is 0 Å². The van der Waals surface area contributed by atoms with E-state index in [0.717, 1.165) is 19.6 Å². The summed E-state index contributed by atoms with van der Waals surface area (Å²) in [5, 5.41) is 2.71. The lowest BCUT2D eigenvalue weighted by atomic mass is 10.6. The molecule has 8 heavy (non-hydrogen) atoms. The summed E-state index contributed by atoms with van der Waals surface area (Å²) in [4.78, 5) is 12.4. The van der Waals surface area contributed by atoms with Crippen LogP contribution in [0.5, 0.6) is 0 Å². The van der Waals surface area contributed by atoms with E-state index in [9.17, 15) is 4.79 Å². The molecule has 1 aliphatic rings. The predicted octanol–water partition coefficient (Wildman–Crippen LogP) is 0.0315. The van der Waals surface area contributed by atoms with Gasteiger partial charge in [-0.2, -0.15) is 0 Å². The highest BCUT2D eigenvalue weighted by Gasteiger charge is 2.15. The minimum Gasteiger partial charge on any atom is -0.336 e. The van der Waals surface area contributed by atoms with Gasteiger partial charge >= 0.3 is 6.03 Å². The number of nitrogens with one attached hydrogen (secondary N) is 1. The van der Waals surface area contributed by atoms with E-state index in [1.807, 2.05) is 6.92 Å². The fraction of sp³-hybridized carbons (Fsp3) is 0.800. The number of hydrogen-bond donors (Lipinski definition) is 1. The molecule has 0 atom stereocenters. The summed E-state index contributed by atoms with van der Waals surface area (Å²) in [6.07, 6.45) is 0. The lowest BCUT2D eigenvalue weighted by molar-refractivity contribution is 0.219. The van der Waals surface area contributed by atoms with Crippen LogP contribution in [0.1, 0.15) is 6.92 Å². The molecule has 0 unspecified atom stereocenters. The first kappa shape index (κ1) is 5.41. The molecule has 0 aliphatic carbocycles. The third-order valence-electron chi connectivity index (χ3n) is 1.33. The second-order valence-corrected chi connectivity index (χ2v) is 1.81. The largest absolute Gasteiger partial charge is 0.336 e. The van der Waals surface area contributed by atoms with Gasteiger partial charge in [0.25, 0.3) is 0 Å². The van der Waals surface area contributed by atoms with Gasteiger partial charge in [0.05, 0.1) is 0 Å². The quantitative estimate of drug-likeness (QED) is 0.512. The summed E-state index contributed by atoms with van der Waals surface area (Å²) >= 11 is 0. The van der Waals surface area contributed by atoms with Gasteiger partial charge in [0.15, 0.2) is 0 Å². The number of hydrogen-bond acceptors (Lipinski definition) is 1. The molecule has 0 bridgehead atoms.